The molecule has 1 aromatic rings. The van der Waals surface area contributed by atoms with E-state index >= 15 is 0 Å². The van der Waals surface area contributed by atoms with Crippen molar-refractivity contribution in [3.63, 3.8) is 0 Å². The van der Waals surface area contributed by atoms with Crippen molar-refractivity contribution in [1.82, 2.24) is 10.2 Å². The van der Waals surface area contributed by atoms with Gasteiger partial charge in [-0.1, -0.05) is 23.7 Å². The van der Waals surface area contributed by atoms with E-state index in [1.807, 2.05) is 36.1 Å². The summed E-state index contributed by atoms with van der Waals surface area (Å²) >= 11 is 5.97. The predicted molar refractivity (Wildman–Crippen MR) is 85.6 cm³/mol. The number of halogens is 1. The number of nitrogens with one attached hydrogen (secondary N) is 1. The van der Waals surface area contributed by atoms with Gasteiger partial charge in [-0.2, -0.15) is 0 Å². The van der Waals surface area contributed by atoms with E-state index in [1.54, 1.807) is 0 Å². The Morgan fingerprint density at radius 3 is 2.91 bits per heavy atom. The molecule has 2 fully saturated rings. The largest absolute Gasteiger partial charge is 0.353 e. The van der Waals surface area contributed by atoms with E-state index in [2.05, 4.69) is 5.32 Å². The van der Waals surface area contributed by atoms with Crippen LogP contribution in [-0.4, -0.2) is 35.3 Å². The predicted octanol–water partition coefficient (Wildman–Crippen LogP) is 2.40. The molecule has 0 unspecified atom stereocenters. The van der Waals surface area contributed by atoms with Gasteiger partial charge in [0.15, 0.2) is 0 Å². The van der Waals surface area contributed by atoms with Crippen LogP contribution in [0.2, 0.25) is 5.02 Å². The summed E-state index contributed by atoms with van der Waals surface area (Å²) in [5.41, 5.74) is 1.10. The lowest BCUT2D eigenvalue weighted by Gasteiger charge is -2.18. The molecule has 1 aromatic carbocycles. The van der Waals surface area contributed by atoms with E-state index < -0.39 is 0 Å². The molecule has 2 aliphatic rings. The molecule has 1 N–H and O–H groups in total. The minimum absolute atomic E-state index is 0.00831. The number of hydrogen-bond donors (Lipinski definition) is 1. The van der Waals surface area contributed by atoms with Gasteiger partial charge >= 0.3 is 0 Å². The van der Waals surface area contributed by atoms with Crippen LogP contribution >= 0.6 is 11.6 Å². The summed E-state index contributed by atoms with van der Waals surface area (Å²) in [7, 11) is 0. The maximum absolute atomic E-state index is 12.3. The van der Waals surface area contributed by atoms with E-state index in [-0.39, 0.29) is 23.8 Å². The fourth-order valence-corrected chi connectivity index (χ4v) is 3.29. The van der Waals surface area contributed by atoms with Crippen LogP contribution in [0.15, 0.2) is 24.3 Å². The van der Waals surface area contributed by atoms with E-state index in [0.29, 0.717) is 24.0 Å². The van der Waals surface area contributed by atoms with Crippen molar-refractivity contribution >= 4 is 23.4 Å². The molecule has 1 aliphatic carbocycles. The zero-order chi connectivity index (χ0) is 15.7. The lowest BCUT2D eigenvalue weighted by Crippen LogP contribution is -2.39. The highest BCUT2D eigenvalue weighted by atomic mass is 35.5. The molecule has 3 rings (SSSR count). The first-order chi connectivity index (χ1) is 10.5. The van der Waals surface area contributed by atoms with Gasteiger partial charge in [-0.15, -0.1) is 0 Å². The Morgan fingerprint density at radius 1 is 1.45 bits per heavy atom. The first-order valence-corrected chi connectivity index (χ1v) is 8.25. The van der Waals surface area contributed by atoms with Gasteiger partial charge in [0.2, 0.25) is 11.8 Å². The lowest BCUT2D eigenvalue weighted by atomic mass is 10.0. The zero-order valence-electron chi connectivity index (χ0n) is 12.7. The second-order valence-electron chi connectivity index (χ2n) is 6.42. The van der Waals surface area contributed by atoms with Crippen molar-refractivity contribution in [2.45, 2.75) is 44.7 Å². The molecule has 22 heavy (non-hydrogen) atoms. The van der Waals surface area contributed by atoms with Crippen LogP contribution in [0.3, 0.4) is 0 Å². The first-order valence-electron chi connectivity index (χ1n) is 7.87. The summed E-state index contributed by atoms with van der Waals surface area (Å²) < 4.78 is 0. The Morgan fingerprint density at radius 2 is 2.23 bits per heavy atom. The molecule has 4 nitrogen and oxygen atoms in total. The summed E-state index contributed by atoms with van der Waals surface area (Å²) in [5.74, 6) is -0.0777. The van der Waals surface area contributed by atoms with Gasteiger partial charge < -0.3 is 10.2 Å². The average Bonchev–Trinajstić information content (AvgIpc) is 3.21. The van der Waals surface area contributed by atoms with Crippen LogP contribution in [0.5, 0.6) is 0 Å². The molecule has 2 atom stereocenters. The highest BCUT2D eigenvalue weighted by Gasteiger charge is 2.41. The molecule has 1 aliphatic heterocycles. The molecule has 0 spiro atoms. The number of rotatable bonds is 5. The SMILES string of the molecule is C[C@@H](Cc1cccc(Cl)c1)NC(=O)[C@H]1CC(=O)N(C2CC2)C1. The lowest BCUT2D eigenvalue weighted by molar-refractivity contribution is -0.129. The van der Waals surface area contributed by atoms with Crippen LogP contribution in [0.4, 0.5) is 0 Å². The third-order valence-corrected chi connectivity index (χ3v) is 4.57. The molecular formula is C17H21ClN2O2. The molecule has 1 saturated heterocycles. The number of amides is 2. The molecule has 1 heterocycles. The number of carbonyl (C=O) groups is 2. The monoisotopic (exact) mass is 320 g/mol. The molecule has 118 valence electrons. The van der Waals surface area contributed by atoms with Gasteiger partial charge in [-0.25, -0.2) is 0 Å². The summed E-state index contributed by atoms with van der Waals surface area (Å²) in [6.07, 6.45) is 3.27. The van der Waals surface area contributed by atoms with Crippen LogP contribution in [0.1, 0.15) is 31.7 Å². The maximum Gasteiger partial charge on any atom is 0.225 e. The molecule has 5 heteroatoms. The number of hydrogen-bond acceptors (Lipinski definition) is 2. The molecule has 0 radical (unpaired) electrons. The Hall–Kier alpha value is -1.55. The van der Waals surface area contributed by atoms with Crippen molar-refractivity contribution in [2.24, 2.45) is 5.92 Å². The number of likely N-dealkylation sites (tertiary alicyclic amines) is 1. The third kappa shape index (κ3) is 3.61. The fraction of sp³-hybridized carbons (Fsp3) is 0.529. The minimum atomic E-state index is -0.199. The van der Waals surface area contributed by atoms with Crippen LogP contribution in [-0.2, 0) is 16.0 Å². The highest BCUT2D eigenvalue weighted by molar-refractivity contribution is 6.30. The average molecular weight is 321 g/mol. The smallest absolute Gasteiger partial charge is 0.225 e. The van der Waals surface area contributed by atoms with Gasteiger partial charge in [-0.3, -0.25) is 9.59 Å². The van der Waals surface area contributed by atoms with E-state index in [9.17, 15) is 9.59 Å². The second kappa shape index (κ2) is 6.29. The Bertz CT molecular complexity index is 586. The maximum atomic E-state index is 12.3. The summed E-state index contributed by atoms with van der Waals surface area (Å²) in [4.78, 5) is 26.1. The van der Waals surface area contributed by atoms with Gasteiger partial charge in [0.1, 0.15) is 0 Å². The molecule has 0 aromatic heterocycles. The fourth-order valence-electron chi connectivity index (χ4n) is 3.08. The third-order valence-electron chi connectivity index (χ3n) is 4.34. The molecule has 0 bridgehead atoms. The van der Waals surface area contributed by atoms with Gasteiger partial charge in [0, 0.05) is 30.1 Å². The minimum Gasteiger partial charge on any atom is -0.353 e. The zero-order valence-corrected chi connectivity index (χ0v) is 13.5. The topological polar surface area (TPSA) is 49.4 Å². The standard InChI is InChI=1S/C17H21ClN2O2/c1-11(7-12-3-2-4-14(18)8-12)19-17(22)13-9-16(21)20(10-13)15-5-6-15/h2-4,8,11,13,15H,5-7,9-10H2,1H3,(H,19,22)/t11-,13-/m0/s1. The number of nitrogens with zero attached hydrogens (tertiary/aromatic N) is 1. The van der Waals surface area contributed by atoms with E-state index in [1.165, 1.54) is 0 Å². The highest BCUT2D eigenvalue weighted by Crippen LogP contribution is 2.32. The van der Waals surface area contributed by atoms with Crippen molar-refractivity contribution in [2.75, 3.05) is 6.54 Å². The quantitative estimate of drug-likeness (QED) is 0.905. The Balaban J connectivity index is 1.52. The van der Waals surface area contributed by atoms with Gasteiger partial charge in [0.05, 0.1) is 5.92 Å². The normalized spacial score (nSPS) is 22.7. The van der Waals surface area contributed by atoms with Gasteiger partial charge in [-0.05, 0) is 43.9 Å². The first kappa shape index (κ1) is 15.3. The summed E-state index contributed by atoms with van der Waals surface area (Å²) in [6.45, 7) is 2.56. The van der Waals surface area contributed by atoms with Crippen molar-refractivity contribution in [3.8, 4) is 0 Å². The molecule has 2 amide bonds. The van der Waals surface area contributed by atoms with Crippen molar-refractivity contribution < 1.29 is 9.59 Å². The van der Waals surface area contributed by atoms with E-state index in [0.717, 1.165) is 24.8 Å². The Kier molecular flexibility index (Phi) is 4.39. The van der Waals surface area contributed by atoms with Crippen molar-refractivity contribution in [1.29, 1.82) is 0 Å². The number of benzene rings is 1. The molecular weight excluding hydrogens is 300 g/mol. The van der Waals surface area contributed by atoms with Crippen LogP contribution in [0, 0.1) is 5.92 Å². The summed E-state index contributed by atoms with van der Waals surface area (Å²) in [5, 5.41) is 3.74. The van der Waals surface area contributed by atoms with Crippen LogP contribution < -0.4 is 5.32 Å². The molecule has 1 saturated carbocycles. The Labute approximate surface area is 135 Å². The number of carbonyl (C=O) groups excluding carboxylic acids is 2. The van der Waals surface area contributed by atoms with E-state index in [4.69, 9.17) is 11.6 Å². The van der Waals surface area contributed by atoms with Gasteiger partial charge in [0.25, 0.3) is 0 Å². The summed E-state index contributed by atoms with van der Waals surface area (Å²) in [6, 6.07) is 8.09. The van der Waals surface area contributed by atoms with Crippen LogP contribution in [0.25, 0.3) is 0 Å². The second-order valence-corrected chi connectivity index (χ2v) is 6.86. The van der Waals surface area contributed by atoms with Crippen molar-refractivity contribution in [3.05, 3.63) is 34.9 Å².